The minimum atomic E-state index is -1.13. The number of carbonyl (C=O) groups excluding carboxylic acids is 1. The average Bonchev–Trinajstić information content (AvgIpc) is 3.05. The SMILES string of the molecule is O=C(O)[C@@H]1[C@@H](c2cccc(F)c2)CN1C(=O)OCC1c2ccccc2-c2ccccc21. The Morgan fingerprint density at radius 3 is 2.23 bits per heavy atom. The van der Waals surface area contributed by atoms with Gasteiger partial charge in [-0.25, -0.2) is 14.0 Å². The van der Waals surface area contributed by atoms with Gasteiger partial charge in [0.1, 0.15) is 18.5 Å². The zero-order valence-corrected chi connectivity index (χ0v) is 16.6. The van der Waals surface area contributed by atoms with Gasteiger partial charge < -0.3 is 9.84 Å². The molecule has 1 amide bonds. The zero-order chi connectivity index (χ0) is 21.5. The van der Waals surface area contributed by atoms with Gasteiger partial charge in [-0.05, 0) is 39.9 Å². The molecule has 1 heterocycles. The fourth-order valence-corrected chi connectivity index (χ4v) is 4.70. The highest BCUT2D eigenvalue weighted by Gasteiger charge is 2.48. The molecule has 1 aliphatic carbocycles. The van der Waals surface area contributed by atoms with E-state index in [2.05, 4.69) is 12.1 Å². The van der Waals surface area contributed by atoms with Gasteiger partial charge >= 0.3 is 12.1 Å². The Labute approximate surface area is 178 Å². The third-order valence-corrected chi connectivity index (χ3v) is 6.21. The highest BCUT2D eigenvalue weighted by atomic mass is 19.1. The number of amides is 1. The van der Waals surface area contributed by atoms with Crippen molar-refractivity contribution in [1.82, 2.24) is 4.90 Å². The Morgan fingerprint density at radius 2 is 1.61 bits per heavy atom. The van der Waals surface area contributed by atoms with Crippen molar-refractivity contribution < 1.29 is 23.8 Å². The average molecular weight is 417 g/mol. The number of aliphatic carboxylic acids is 1. The molecule has 3 aromatic rings. The lowest BCUT2D eigenvalue weighted by Gasteiger charge is -2.44. The Bertz CT molecular complexity index is 1130. The van der Waals surface area contributed by atoms with Crippen LogP contribution in [-0.2, 0) is 9.53 Å². The van der Waals surface area contributed by atoms with Crippen molar-refractivity contribution in [1.29, 1.82) is 0 Å². The van der Waals surface area contributed by atoms with E-state index in [0.717, 1.165) is 22.3 Å². The van der Waals surface area contributed by atoms with Gasteiger partial charge in [-0.15, -0.1) is 0 Å². The predicted molar refractivity (Wildman–Crippen MR) is 112 cm³/mol. The molecule has 31 heavy (non-hydrogen) atoms. The quantitative estimate of drug-likeness (QED) is 0.672. The summed E-state index contributed by atoms with van der Waals surface area (Å²) < 4.78 is 19.1. The molecule has 0 radical (unpaired) electrons. The molecule has 0 saturated carbocycles. The summed E-state index contributed by atoms with van der Waals surface area (Å²) in [6.07, 6.45) is -0.665. The Morgan fingerprint density at radius 1 is 0.968 bits per heavy atom. The van der Waals surface area contributed by atoms with E-state index >= 15 is 0 Å². The lowest BCUT2D eigenvalue weighted by molar-refractivity contribution is -0.148. The number of carbonyl (C=O) groups is 2. The maximum Gasteiger partial charge on any atom is 0.410 e. The Hall–Kier alpha value is -3.67. The molecular formula is C25H20FNO4. The van der Waals surface area contributed by atoms with Crippen LogP contribution in [-0.4, -0.2) is 41.3 Å². The molecule has 1 N–H and O–H groups in total. The van der Waals surface area contributed by atoms with Crippen LogP contribution in [0.4, 0.5) is 9.18 Å². The molecule has 3 aromatic carbocycles. The van der Waals surface area contributed by atoms with Crippen LogP contribution in [0.1, 0.15) is 28.5 Å². The summed E-state index contributed by atoms with van der Waals surface area (Å²) >= 11 is 0. The van der Waals surface area contributed by atoms with Gasteiger partial charge in [0, 0.05) is 18.4 Å². The second-order valence-corrected chi connectivity index (χ2v) is 7.90. The van der Waals surface area contributed by atoms with Gasteiger partial charge in [0.05, 0.1) is 0 Å². The molecule has 2 atom stereocenters. The van der Waals surface area contributed by atoms with Crippen LogP contribution in [0, 0.1) is 5.82 Å². The zero-order valence-electron chi connectivity index (χ0n) is 16.6. The van der Waals surface area contributed by atoms with E-state index in [-0.39, 0.29) is 19.1 Å². The first-order valence-corrected chi connectivity index (χ1v) is 10.1. The number of benzene rings is 3. The summed E-state index contributed by atoms with van der Waals surface area (Å²) in [5.74, 6) is -2.12. The van der Waals surface area contributed by atoms with E-state index in [4.69, 9.17) is 4.74 Å². The van der Waals surface area contributed by atoms with E-state index in [1.807, 2.05) is 36.4 Å². The van der Waals surface area contributed by atoms with E-state index < -0.39 is 29.8 Å². The number of hydrogen-bond donors (Lipinski definition) is 1. The maximum absolute atomic E-state index is 13.6. The maximum atomic E-state index is 13.6. The normalized spacial score (nSPS) is 19.3. The standard InChI is InChI=1S/C25H20FNO4/c26-16-7-5-6-15(12-16)21-13-27(23(21)24(28)29)25(30)31-14-22-19-10-3-1-8-17(19)18-9-2-4-11-20(18)22/h1-12,21-23H,13-14H2,(H,28,29)/t21-,23+/m1/s1. The first kappa shape index (κ1) is 19.3. The summed E-state index contributed by atoms with van der Waals surface area (Å²) in [5.41, 5.74) is 4.99. The third-order valence-electron chi connectivity index (χ3n) is 6.21. The van der Waals surface area contributed by atoms with E-state index in [9.17, 15) is 19.1 Å². The van der Waals surface area contributed by atoms with Crippen LogP contribution in [0.2, 0.25) is 0 Å². The third kappa shape index (κ3) is 3.24. The highest BCUT2D eigenvalue weighted by Crippen LogP contribution is 2.44. The molecule has 1 saturated heterocycles. The van der Waals surface area contributed by atoms with E-state index in [1.165, 1.54) is 17.0 Å². The Balaban J connectivity index is 1.32. The van der Waals surface area contributed by atoms with Crippen molar-refractivity contribution in [2.24, 2.45) is 0 Å². The molecule has 1 aliphatic heterocycles. The summed E-state index contributed by atoms with van der Waals surface area (Å²) in [5, 5.41) is 9.65. The second-order valence-electron chi connectivity index (χ2n) is 7.90. The fourth-order valence-electron chi connectivity index (χ4n) is 4.70. The number of carboxylic acid groups (broad SMARTS) is 1. The number of likely N-dealkylation sites (tertiary alicyclic amines) is 1. The number of hydrogen-bond acceptors (Lipinski definition) is 3. The molecule has 1 fully saturated rings. The van der Waals surface area contributed by atoms with Crippen molar-refractivity contribution >= 4 is 12.1 Å². The van der Waals surface area contributed by atoms with E-state index in [0.29, 0.717) is 5.56 Å². The van der Waals surface area contributed by atoms with E-state index in [1.54, 1.807) is 12.1 Å². The smallest absolute Gasteiger partial charge is 0.410 e. The van der Waals surface area contributed by atoms with Gasteiger partial charge in [0.25, 0.3) is 0 Å². The highest BCUT2D eigenvalue weighted by molar-refractivity contribution is 5.84. The molecule has 2 aliphatic rings. The topological polar surface area (TPSA) is 66.8 Å². The molecule has 6 heteroatoms. The minimum Gasteiger partial charge on any atom is -0.480 e. The molecule has 5 rings (SSSR count). The van der Waals surface area contributed by atoms with Crippen LogP contribution in [0.15, 0.2) is 72.8 Å². The van der Waals surface area contributed by atoms with Gasteiger partial charge in [-0.1, -0.05) is 60.7 Å². The molecule has 0 bridgehead atoms. The molecule has 0 unspecified atom stereocenters. The van der Waals surface area contributed by atoms with Crippen LogP contribution in [0.5, 0.6) is 0 Å². The minimum absolute atomic E-state index is 0.0973. The number of ether oxygens (including phenoxy) is 1. The first-order chi connectivity index (χ1) is 15.0. The lowest BCUT2D eigenvalue weighted by atomic mass is 9.83. The molecule has 0 spiro atoms. The van der Waals surface area contributed by atoms with Crippen LogP contribution < -0.4 is 0 Å². The molecule has 5 nitrogen and oxygen atoms in total. The summed E-state index contributed by atoms with van der Waals surface area (Å²) in [4.78, 5) is 25.7. The number of carboxylic acids is 1. The lowest BCUT2D eigenvalue weighted by Crippen LogP contribution is -2.61. The molecule has 156 valence electrons. The predicted octanol–water partition coefficient (Wildman–Crippen LogP) is 4.63. The monoisotopic (exact) mass is 417 g/mol. The van der Waals surface area contributed by atoms with Gasteiger partial charge in [0.2, 0.25) is 0 Å². The molecular weight excluding hydrogens is 397 g/mol. The number of halogens is 1. The summed E-state index contributed by atoms with van der Waals surface area (Å²) in [6.45, 7) is 0.303. The van der Waals surface area contributed by atoms with Crippen molar-refractivity contribution in [3.05, 3.63) is 95.3 Å². The van der Waals surface area contributed by atoms with Crippen LogP contribution in [0.3, 0.4) is 0 Å². The number of fused-ring (bicyclic) bond motifs is 3. The fraction of sp³-hybridized carbons (Fsp3) is 0.200. The second kappa shape index (κ2) is 7.54. The first-order valence-electron chi connectivity index (χ1n) is 10.1. The van der Waals surface area contributed by atoms with Crippen molar-refractivity contribution in [2.75, 3.05) is 13.2 Å². The molecule has 0 aromatic heterocycles. The summed E-state index contributed by atoms with van der Waals surface area (Å²) in [7, 11) is 0. The van der Waals surface area contributed by atoms with Crippen molar-refractivity contribution in [2.45, 2.75) is 17.9 Å². The van der Waals surface area contributed by atoms with Crippen molar-refractivity contribution in [3.8, 4) is 11.1 Å². The van der Waals surface area contributed by atoms with Gasteiger partial charge in [-0.3, -0.25) is 4.90 Å². The van der Waals surface area contributed by atoms with Crippen molar-refractivity contribution in [3.63, 3.8) is 0 Å². The van der Waals surface area contributed by atoms with Crippen LogP contribution >= 0.6 is 0 Å². The Kier molecular flexibility index (Phi) is 4.70. The number of rotatable bonds is 4. The van der Waals surface area contributed by atoms with Crippen LogP contribution in [0.25, 0.3) is 11.1 Å². The van der Waals surface area contributed by atoms with Gasteiger partial charge in [-0.2, -0.15) is 0 Å². The number of nitrogens with zero attached hydrogens (tertiary/aromatic N) is 1. The largest absolute Gasteiger partial charge is 0.480 e. The van der Waals surface area contributed by atoms with Gasteiger partial charge in [0.15, 0.2) is 0 Å². The summed E-state index contributed by atoms with van der Waals surface area (Å²) in [6, 6.07) is 20.8.